The highest BCUT2D eigenvalue weighted by atomic mass is 15.2. The third kappa shape index (κ3) is 2.25. The molecule has 1 saturated heterocycles. The molecule has 0 aromatic rings. The van der Waals surface area contributed by atoms with Crippen LogP contribution in [0.4, 0.5) is 0 Å². The average molecular weight is 145 g/mol. The van der Waals surface area contributed by atoms with Gasteiger partial charge in [-0.3, -0.25) is 0 Å². The lowest BCUT2D eigenvalue weighted by Crippen LogP contribution is -2.48. The number of hydrogen-bond donors (Lipinski definition) is 2. The molecule has 0 bridgehead atoms. The lowest BCUT2D eigenvalue weighted by atomic mass is 10.1. The van der Waals surface area contributed by atoms with E-state index in [-0.39, 0.29) is 6.15 Å². The van der Waals surface area contributed by atoms with Crippen molar-refractivity contribution in [1.82, 2.24) is 16.4 Å². The highest BCUT2D eigenvalue weighted by molar-refractivity contribution is 4.75. The summed E-state index contributed by atoms with van der Waals surface area (Å²) in [6.07, 6.45) is 1.27. The molecule has 1 rings (SSSR count). The molecule has 3 heteroatoms. The summed E-state index contributed by atoms with van der Waals surface area (Å²) in [6.45, 7) is 5.78. The standard InChI is InChI=1S/C7H16N2.H3N/c1-3-7-6-8-4-5-9(7)2;/h7-8H,3-6H2,1-2H3;1H3. The fraction of sp³-hybridized carbons (Fsp3) is 1.00. The molecular formula is C7H19N3. The minimum absolute atomic E-state index is 0. The van der Waals surface area contributed by atoms with Gasteiger partial charge in [0, 0.05) is 25.7 Å². The molecule has 4 N–H and O–H groups in total. The molecule has 1 atom stereocenters. The number of nitrogens with zero attached hydrogens (tertiary/aromatic N) is 1. The van der Waals surface area contributed by atoms with Gasteiger partial charge in [-0.25, -0.2) is 0 Å². The van der Waals surface area contributed by atoms with Gasteiger partial charge >= 0.3 is 0 Å². The number of hydrogen-bond acceptors (Lipinski definition) is 3. The van der Waals surface area contributed by atoms with Crippen LogP contribution in [0.2, 0.25) is 0 Å². The molecule has 0 radical (unpaired) electrons. The largest absolute Gasteiger partial charge is 0.344 e. The van der Waals surface area contributed by atoms with Crippen molar-refractivity contribution < 1.29 is 0 Å². The highest BCUT2D eigenvalue weighted by Gasteiger charge is 2.15. The molecule has 0 spiro atoms. The zero-order chi connectivity index (χ0) is 6.69. The number of piperazine rings is 1. The predicted molar refractivity (Wildman–Crippen MR) is 44.6 cm³/mol. The van der Waals surface area contributed by atoms with Crippen LogP contribution in [0.25, 0.3) is 0 Å². The fourth-order valence-electron chi connectivity index (χ4n) is 1.32. The SMILES string of the molecule is CCC1CNCCN1C.N. The molecule has 1 unspecified atom stereocenters. The number of rotatable bonds is 1. The Morgan fingerprint density at radius 1 is 1.60 bits per heavy atom. The molecular weight excluding hydrogens is 126 g/mol. The summed E-state index contributed by atoms with van der Waals surface area (Å²) in [4.78, 5) is 2.43. The normalized spacial score (nSPS) is 27.6. The van der Waals surface area contributed by atoms with E-state index in [0.29, 0.717) is 0 Å². The van der Waals surface area contributed by atoms with Crippen LogP contribution in [0.5, 0.6) is 0 Å². The van der Waals surface area contributed by atoms with Gasteiger partial charge in [0.25, 0.3) is 0 Å². The first-order valence-electron chi connectivity index (χ1n) is 3.75. The van der Waals surface area contributed by atoms with Crippen LogP contribution >= 0.6 is 0 Å². The summed E-state index contributed by atoms with van der Waals surface area (Å²) in [6, 6.07) is 0.777. The molecule has 1 aliphatic heterocycles. The zero-order valence-electron chi connectivity index (χ0n) is 7.06. The lowest BCUT2D eigenvalue weighted by molar-refractivity contribution is 0.195. The number of nitrogens with one attached hydrogen (secondary N) is 1. The summed E-state index contributed by atoms with van der Waals surface area (Å²) in [5.41, 5.74) is 0. The molecule has 1 heterocycles. The van der Waals surface area contributed by atoms with Crippen LogP contribution < -0.4 is 11.5 Å². The van der Waals surface area contributed by atoms with Crippen molar-refractivity contribution in [3.63, 3.8) is 0 Å². The van der Waals surface area contributed by atoms with E-state index >= 15 is 0 Å². The second-order valence-electron chi connectivity index (χ2n) is 2.75. The van der Waals surface area contributed by atoms with Gasteiger partial charge in [0.05, 0.1) is 0 Å². The van der Waals surface area contributed by atoms with Gasteiger partial charge in [0.15, 0.2) is 0 Å². The minimum atomic E-state index is 0. The van der Waals surface area contributed by atoms with Crippen LogP contribution in [0.1, 0.15) is 13.3 Å². The second kappa shape index (κ2) is 4.66. The maximum Gasteiger partial charge on any atom is 0.0215 e. The summed E-state index contributed by atoms with van der Waals surface area (Å²) in [5.74, 6) is 0. The Kier molecular flexibility index (Phi) is 4.60. The first kappa shape index (κ1) is 9.88. The summed E-state index contributed by atoms with van der Waals surface area (Å²) in [5, 5.41) is 3.37. The van der Waals surface area contributed by atoms with Crippen LogP contribution in [0, 0.1) is 0 Å². The first-order chi connectivity index (χ1) is 4.34. The molecule has 0 aromatic heterocycles. The maximum atomic E-state index is 3.37. The summed E-state index contributed by atoms with van der Waals surface area (Å²) in [7, 11) is 2.20. The molecule has 62 valence electrons. The summed E-state index contributed by atoms with van der Waals surface area (Å²) >= 11 is 0. The van der Waals surface area contributed by atoms with Gasteiger partial charge in [0.2, 0.25) is 0 Å². The molecule has 1 fully saturated rings. The number of likely N-dealkylation sites (N-methyl/N-ethyl adjacent to an activating group) is 1. The third-order valence-electron chi connectivity index (χ3n) is 2.12. The Labute approximate surface area is 63.4 Å². The van der Waals surface area contributed by atoms with Gasteiger partial charge in [-0.05, 0) is 13.5 Å². The van der Waals surface area contributed by atoms with Crippen molar-refractivity contribution in [1.29, 1.82) is 0 Å². The molecule has 3 nitrogen and oxygen atoms in total. The molecule has 0 aromatic carbocycles. The molecule has 0 saturated carbocycles. The van der Waals surface area contributed by atoms with Crippen LogP contribution in [-0.2, 0) is 0 Å². The maximum absolute atomic E-state index is 3.37. The van der Waals surface area contributed by atoms with Gasteiger partial charge in [-0.2, -0.15) is 0 Å². The van der Waals surface area contributed by atoms with Crippen LogP contribution in [0.3, 0.4) is 0 Å². The van der Waals surface area contributed by atoms with Gasteiger partial charge in [-0.1, -0.05) is 6.92 Å². The van der Waals surface area contributed by atoms with Crippen molar-refractivity contribution in [2.24, 2.45) is 0 Å². The fourth-order valence-corrected chi connectivity index (χ4v) is 1.32. The monoisotopic (exact) mass is 145 g/mol. The van der Waals surface area contributed by atoms with E-state index in [1.807, 2.05) is 0 Å². The molecule has 0 aliphatic carbocycles. The highest BCUT2D eigenvalue weighted by Crippen LogP contribution is 2.02. The Morgan fingerprint density at radius 3 is 2.70 bits per heavy atom. The Balaban J connectivity index is 0.000000810. The van der Waals surface area contributed by atoms with E-state index < -0.39 is 0 Å². The second-order valence-corrected chi connectivity index (χ2v) is 2.75. The van der Waals surface area contributed by atoms with E-state index in [2.05, 4.69) is 24.2 Å². The van der Waals surface area contributed by atoms with E-state index in [1.165, 1.54) is 19.5 Å². The zero-order valence-corrected chi connectivity index (χ0v) is 7.06. The Bertz CT molecular complexity index is 84.9. The van der Waals surface area contributed by atoms with E-state index in [1.54, 1.807) is 0 Å². The lowest BCUT2D eigenvalue weighted by Gasteiger charge is -2.32. The summed E-state index contributed by atoms with van der Waals surface area (Å²) < 4.78 is 0. The van der Waals surface area contributed by atoms with Crippen molar-refractivity contribution in [2.75, 3.05) is 26.7 Å². The van der Waals surface area contributed by atoms with Crippen molar-refractivity contribution in [3.05, 3.63) is 0 Å². The first-order valence-corrected chi connectivity index (χ1v) is 3.75. The smallest absolute Gasteiger partial charge is 0.0215 e. The van der Waals surface area contributed by atoms with Crippen molar-refractivity contribution in [3.8, 4) is 0 Å². The van der Waals surface area contributed by atoms with Gasteiger partial charge < -0.3 is 16.4 Å². The van der Waals surface area contributed by atoms with E-state index in [9.17, 15) is 0 Å². The average Bonchev–Trinajstić information content (AvgIpc) is 1.89. The molecule has 1 aliphatic rings. The van der Waals surface area contributed by atoms with Crippen molar-refractivity contribution >= 4 is 0 Å². The van der Waals surface area contributed by atoms with Crippen LogP contribution in [-0.4, -0.2) is 37.6 Å². The molecule has 0 amide bonds. The van der Waals surface area contributed by atoms with Crippen molar-refractivity contribution in [2.45, 2.75) is 19.4 Å². The third-order valence-corrected chi connectivity index (χ3v) is 2.12. The van der Waals surface area contributed by atoms with Gasteiger partial charge in [0.1, 0.15) is 0 Å². The quantitative estimate of drug-likeness (QED) is 0.563. The minimum Gasteiger partial charge on any atom is -0.344 e. The topological polar surface area (TPSA) is 50.3 Å². The van der Waals surface area contributed by atoms with E-state index in [4.69, 9.17) is 0 Å². The van der Waals surface area contributed by atoms with Crippen LogP contribution in [0.15, 0.2) is 0 Å². The Morgan fingerprint density at radius 2 is 2.30 bits per heavy atom. The van der Waals surface area contributed by atoms with Gasteiger partial charge in [-0.15, -0.1) is 0 Å². The molecule has 10 heavy (non-hydrogen) atoms. The predicted octanol–water partition coefficient (Wildman–Crippen LogP) is 0.462. The van der Waals surface area contributed by atoms with E-state index in [0.717, 1.165) is 12.6 Å². The Hall–Kier alpha value is -0.120.